The normalized spacial score (nSPS) is 10.0. The molecule has 19 heavy (non-hydrogen) atoms. The Labute approximate surface area is 122 Å². The van der Waals surface area contributed by atoms with Gasteiger partial charge in [-0.1, -0.05) is 34.1 Å². The van der Waals surface area contributed by atoms with E-state index in [1.807, 2.05) is 24.3 Å². The Bertz CT molecular complexity index is 618. The Morgan fingerprint density at radius 1 is 1.16 bits per heavy atom. The number of hydrogen-bond acceptors (Lipinski definition) is 2. The molecule has 0 saturated heterocycles. The predicted octanol–water partition coefficient (Wildman–Crippen LogP) is 4.55. The van der Waals surface area contributed by atoms with E-state index < -0.39 is 0 Å². The maximum Gasteiger partial charge on any atom is 0.0995 e. The molecule has 0 bridgehead atoms. The van der Waals surface area contributed by atoms with Gasteiger partial charge >= 0.3 is 0 Å². The largest absolute Gasteiger partial charge is 0.381 e. The molecule has 0 aromatic heterocycles. The fraction of sp³-hybridized carbons (Fsp3) is 0.188. The summed E-state index contributed by atoms with van der Waals surface area (Å²) in [4.78, 5) is 0. The SMILES string of the molecule is Cc1cc(NCc2ccccc2C#N)cc(C)c1Br. The first-order valence-corrected chi connectivity index (χ1v) is 6.89. The van der Waals surface area contributed by atoms with Crippen LogP contribution in [0.2, 0.25) is 0 Å². The van der Waals surface area contributed by atoms with Crippen molar-refractivity contribution in [2.45, 2.75) is 20.4 Å². The van der Waals surface area contributed by atoms with Crippen LogP contribution in [0.15, 0.2) is 40.9 Å². The Morgan fingerprint density at radius 3 is 2.42 bits per heavy atom. The van der Waals surface area contributed by atoms with Crippen molar-refractivity contribution in [2.24, 2.45) is 0 Å². The van der Waals surface area contributed by atoms with E-state index in [2.05, 4.69) is 53.3 Å². The molecule has 2 aromatic rings. The van der Waals surface area contributed by atoms with Crippen LogP contribution in [0.5, 0.6) is 0 Å². The molecule has 1 N–H and O–H groups in total. The van der Waals surface area contributed by atoms with Crippen molar-refractivity contribution in [2.75, 3.05) is 5.32 Å². The number of hydrogen-bond donors (Lipinski definition) is 1. The van der Waals surface area contributed by atoms with Gasteiger partial charge in [0, 0.05) is 16.7 Å². The summed E-state index contributed by atoms with van der Waals surface area (Å²) < 4.78 is 1.15. The minimum Gasteiger partial charge on any atom is -0.381 e. The number of rotatable bonds is 3. The molecule has 0 aliphatic rings. The van der Waals surface area contributed by atoms with Crippen LogP contribution in [0.4, 0.5) is 5.69 Å². The lowest BCUT2D eigenvalue weighted by atomic mass is 10.1. The predicted molar refractivity (Wildman–Crippen MR) is 82.1 cm³/mol. The molecule has 2 rings (SSSR count). The molecule has 96 valence electrons. The molecule has 0 spiro atoms. The lowest BCUT2D eigenvalue weighted by Crippen LogP contribution is -2.02. The smallest absolute Gasteiger partial charge is 0.0995 e. The van der Waals surface area contributed by atoms with E-state index in [9.17, 15) is 0 Å². The summed E-state index contributed by atoms with van der Waals surface area (Å²) in [5.41, 5.74) is 5.22. The number of halogens is 1. The van der Waals surface area contributed by atoms with Crippen molar-refractivity contribution >= 4 is 21.6 Å². The molecule has 0 aliphatic carbocycles. The van der Waals surface area contributed by atoms with E-state index in [1.165, 1.54) is 11.1 Å². The maximum absolute atomic E-state index is 9.06. The summed E-state index contributed by atoms with van der Waals surface area (Å²) >= 11 is 3.56. The molecule has 2 aromatic carbocycles. The van der Waals surface area contributed by atoms with Gasteiger partial charge < -0.3 is 5.32 Å². The van der Waals surface area contributed by atoms with Crippen molar-refractivity contribution in [3.8, 4) is 6.07 Å². The van der Waals surface area contributed by atoms with Gasteiger partial charge in [-0.2, -0.15) is 5.26 Å². The van der Waals surface area contributed by atoms with E-state index in [4.69, 9.17) is 5.26 Å². The maximum atomic E-state index is 9.06. The summed E-state index contributed by atoms with van der Waals surface area (Å²) in [6.45, 7) is 4.81. The highest BCUT2D eigenvalue weighted by molar-refractivity contribution is 9.10. The quantitative estimate of drug-likeness (QED) is 0.902. The van der Waals surface area contributed by atoms with Crippen LogP contribution in [0.1, 0.15) is 22.3 Å². The van der Waals surface area contributed by atoms with Crippen molar-refractivity contribution in [3.05, 3.63) is 63.1 Å². The van der Waals surface area contributed by atoms with Gasteiger partial charge in [0.15, 0.2) is 0 Å². The number of nitrogens with zero attached hydrogens (tertiary/aromatic N) is 1. The number of benzene rings is 2. The fourth-order valence-corrected chi connectivity index (χ4v) is 2.26. The third-order valence-corrected chi connectivity index (χ3v) is 4.31. The van der Waals surface area contributed by atoms with Gasteiger partial charge in [0.2, 0.25) is 0 Å². The average Bonchev–Trinajstić information content (AvgIpc) is 2.42. The van der Waals surface area contributed by atoms with Crippen LogP contribution >= 0.6 is 15.9 Å². The van der Waals surface area contributed by atoms with Crippen LogP contribution < -0.4 is 5.32 Å². The number of anilines is 1. The van der Waals surface area contributed by atoms with Crippen LogP contribution in [0.3, 0.4) is 0 Å². The molecular weight excluding hydrogens is 300 g/mol. The Hall–Kier alpha value is -1.79. The van der Waals surface area contributed by atoms with Gasteiger partial charge in [0.25, 0.3) is 0 Å². The van der Waals surface area contributed by atoms with E-state index in [0.29, 0.717) is 6.54 Å². The van der Waals surface area contributed by atoms with Crippen molar-refractivity contribution in [1.82, 2.24) is 0 Å². The molecule has 0 atom stereocenters. The first-order valence-electron chi connectivity index (χ1n) is 6.10. The Balaban J connectivity index is 2.17. The second kappa shape index (κ2) is 5.90. The number of aryl methyl sites for hydroxylation is 2. The average molecular weight is 315 g/mol. The zero-order valence-corrected chi connectivity index (χ0v) is 12.6. The summed E-state index contributed by atoms with van der Waals surface area (Å²) in [7, 11) is 0. The fourth-order valence-electron chi connectivity index (χ4n) is 2.03. The molecule has 0 radical (unpaired) electrons. The molecular formula is C16H15BrN2. The van der Waals surface area contributed by atoms with Crippen LogP contribution in [0, 0.1) is 25.2 Å². The minimum absolute atomic E-state index is 0.657. The monoisotopic (exact) mass is 314 g/mol. The minimum atomic E-state index is 0.657. The van der Waals surface area contributed by atoms with Crippen molar-refractivity contribution in [3.63, 3.8) is 0 Å². The lowest BCUT2D eigenvalue weighted by molar-refractivity contribution is 1.13. The lowest BCUT2D eigenvalue weighted by Gasteiger charge is -2.11. The van der Waals surface area contributed by atoms with Gasteiger partial charge in [0.05, 0.1) is 11.6 Å². The van der Waals surface area contributed by atoms with Gasteiger partial charge in [-0.25, -0.2) is 0 Å². The highest BCUT2D eigenvalue weighted by atomic mass is 79.9. The van der Waals surface area contributed by atoms with E-state index in [1.54, 1.807) is 0 Å². The summed E-state index contributed by atoms with van der Waals surface area (Å²) in [6, 6.07) is 14.1. The molecule has 0 unspecified atom stereocenters. The van der Waals surface area contributed by atoms with E-state index >= 15 is 0 Å². The molecule has 3 heteroatoms. The van der Waals surface area contributed by atoms with Crippen molar-refractivity contribution < 1.29 is 0 Å². The molecule has 0 amide bonds. The first-order chi connectivity index (χ1) is 9.11. The van der Waals surface area contributed by atoms with Crippen LogP contribution in [-0.2, 0) is 6.54 Å². The zero-order valence-electron chi connectivity index (χ0n) is 11.0. The van der Waals surface area contributed by atoms with Gasteiger partial charge in [-0.05, 0) is 48.7 Å². The summed E-state index contributed by atoms with van der Waals surface area (Å²) in [6.07, 6.45) is 0. The number of nitrogens with one attached hydrogen (secondary N) is 1. The van der Waals surface area contributed by atoms with Gasteiger partial charge in [-0.15, -0.1) is 0 Å². The topological polar surface area (TPSA) is 35.8 Å². The molecule has 2 nitrogen and oxygen atoms in total. The summed E-state index contributed by atoms with van der Waals surface area (Å²) in [5.74, 6) is 0. The Kier molecular flexibility index (Phi) is 4.24. The second-order valence-electron chi connectivity index (χ2n) is 4.55. The standard InChI is InChI=1S/C16H15BrN2/c1-11-7-15(8-12(2)16(11)17)19-10-14-6-4-3-5-13(14)9-18/h3-8,19H,10H2,1-2H3. The molecule has 0 aliphatic heterocycles. The highest BCUT2D eigenvalue weighted by Gasteiger charge is 2.04. The van der Waals surface area contributed by atoms with Crippen LogP contribution in [-0.4, -0.2) is 0 Å². The molecule has 0 saturated carbocycles. The summed E-state index contributed by atoms with van der Waals surface area (Å²) in [5, 5.41) is 12.4. The van der Waals surface area contributed by atoms with Gasteiger partial charge in [-0.3, -0.25) is 0 Å². The Morgan fingerprint density at radius 2 is 1.79 bits per heavy atom. The van der Waals surface area contributed by atoms with Crippen LogP contribution in [0.25, 0.3) is 0 Å². The zero-order chi connectivity index (χ0) is 13.8. The van der Waals surface area contributed by atoms with Gasteiger partial charge in [0.1, 0.15) is 0 Å². The second-order valence-corrected chi connectivity index (χ2v) is 5.34. The number of nitriles is 1. The molecule has 0 heterocycles. The van der Waals surface area contributed by atoms with E-state index in [-0.39, 0.29) is 0 Å². The third kappa shape index (κ3) is 3.15. The molecule has 0 fully saturated rings. The van der Waals surface area contributed by atoms with E-state index in [0.717, 1.165) is 21.3 Å². The highest BCUT2D eigenvalue weighted by Crippen LogP contribution is 2.25. The third-order valence-electron chi connectivity index (χ3n) is 3.06. The van der Waals surface area contributed by atoms with Crippen molar-refractivity contribution in [1.29, 1.82) is 5.26 Å². The first kappa shape index (κ1) is 13.6.